The molecule has 0 atom stereocenters. The standard InChI is InChI=1S/C10H23N3O3S/c1-4-13-17(15,16)8-7-12-10(14)5-6-11-9(2)3/h9,11,13H,4-8H2,1-3H3,(H,12,14). The van der Waals surface area contributed by atoms with Crippen LogP contribution in [0.5, 0.6) is 0 Å². The minimum atomic E-state index is -3.24. The summed E-state index contributed by atoms with van der Waals surface area (Å²) in [7, 11) is -3.24. The van der Waals surface area contributed by atoms with E-state index in [2.05, 4.69) is 15.4 Å². The van der Waals surface area contributed by atoms with Gasteiger partial charge in [0.25, 0.3) is 0 Å². The van der Waals surface area contributed by atoms with E-state index in [1.165, 1.54) is 0 Å². The fraction of sp³-hybridized carbons (Fsp3) is 0.900. The van der Waals surface area contributed by atoms with Crippen LogP contribution in [0, 0.1) is 0 Å². The summed E-state index contributed by atoms with van der Waals surface area (Å²) in [5.74, 6) is -0.214. The molecule has 0 heterocycles. The number of rotatable bonds is 9. The number of hydrogen-bond acceptors (Lipinski definition) is 4. The largest absolute Gasteiger partial charge is 0.355 e. The minimum absolute atomic E-state index is 0.0792. The van der Waals surface area contributed by atoms with Gasteiger partial charge in [-0.05, 0) is 0 Å². The number of carbonyl (C=O) groups excluding carboxylic acids is 1. The molecule has 0 saturated carbocycles. The molecule has 0 aliphatic carbocycles. The van der Waals surface area contributed by atoms with E-state index >= 15 is 0 Å². The summed E-state index contributed by atoms with van der Waals surface area (Å²) in [6.45, 7) is 6.84. The highest BCUT2D eigenvalue weighted by molar-refractivity contribution is 7.89. The number of amides is 1. The third-order valence-electron chi connectivity index (χ3n) is 1.96. The first-order chi connectivity index (χ1) is 7.87. The Morgan fingerprint density at radius 2 is 1.88 bits per heavy atom. The van der Waals surface area contributed by atoms with Crippen molar-refractivity contribution in [3.05, 3.63) is 0 Å². The van der Waals surface area contributed by atoms with Crippen molar-refractivity contribution >= 4 is 15.9 Å². The van der Waals surface area contributed by atoms with Crippen LogP contribution in [0.1, 0.15) is 27.2 Å². The minimum Gasteiger partial charge on any atom is -0.355 e. The second kappa shape index (κ2) is 8.43. The molecule has 3 N–H and O–H groups in total. The molecule has 0 aromatic rings. The molecule has 0 unspecified atom stereocenters. The van der Waals surface area contributed by atoms with Crippen LogP contribution in [0.2, 0.25) is 0 Å². The molecule has 0 rings (SSSR count). The maximum absolute atomic E-state index is 11.3. The van der Waals surface area contributed by atoms with E-state index in [0.717, 1.165) is 0 Å². The van der Waals surface area contributed by atoms with Gasteiger partial charge in [-0.15, -0.1) is 0 Å². The molecule has 17 heavy (non-hydrogen) atoms. The quantitative estimate of drug-likeness (QED) is 0.521. The summed E-state index contributed by atoms with van der Waals surface area (Å²) in [5.41, 5.74) is 0. The number of sulfonamides is 1. The molecular formula is C10H23N3O3S. The number of hydrogen-bond donors (Lipinski definition) is 3. The molecule has 0 saturated heterocycles. The summed E-state index contributed by atoms with van der Waals surface area (Å²) < 4.78 is 24.8. The summed E-state index contributed by atoms with van der Waals surface area (Å²) in [4.78, 5) is 11.3. The van der Waals surface area contributed by atoms with Crippen molar-refractivity contribution in [1.29, 1.82) is 0 Å². The topological polar surface area (TPSA) is 87.3 Å². The molecule has 0 aromatic carbocycles. The third-order valence-corrected chi connectivity index (χ3v) is 3.43. The molecule has 6 nitrogen and oxygen atoms in total. The molecule has 1 amide bonds. The fourth-order valence-corrected chi connectivity index (χ4v) is 2.13. The van der Waals surface area contributed by atoms with Crippen LogP contribution in [-0.2, 0) is 14.8 Å². The highest BCUT2D eigenvalue weighted by atomic mass is 32.2. The van der Waals surface area contributed by atoms with E-state index in [4.69, 9.17) is 0 Å². The summed E-state index contributed by atoms with van der Waals surface area (Å²) >= 11 is 0. The van der Waals surface area contributed by atoms with Crippen molar-refractivity contribution in [3.63, 3.8) is 0 Å². The van der Waals surface area contributed by atoms with Gasteiger partial charge in [0.15, 0.2) is 0 Å². The lowest BCUT2D eigenvalue weighted by atomic mass is 10.3. The Morgan fingerprint density at radius 1 is 1.24 bits per heavy atom. The van der Waals surface area contributed by atoms with Gasteiger partial charge in [0.1, 0.15) is 0 Å². The van der Waals surface area contributed by atoms with Gasteiger partial charge in [-0.25, -0.2) is 13.1 Å². The van der Waals surface area contributed by atoms with Gasteiger partial charge < -0.3 is 10.6 Å². The number of nitrogens with one attached hydrogen (secondary N) is 3. The lowest BCUT2D eigenvalue weighted by Gasteiger charge is -2.08. The van der Waals surface area contributed by atoms with E-state index in [1.54, 1.807) is 6.92 Å². The first-order valence-electron chi connectivity index (χ1n) is 5.84. The second-order valence-corrected chi connectivity index (χ2v) is 5.95. The average Bonchev–Trinajstić information content (AvgIpc) is 2.16. The van der Waals surface area contributed by atoms with E-state index < -0.39 is 10.0 Å². The Hall–Kier alpha value is -0.660. The first-order valence-corrected chi connectivity index (χ1v) is 7.50. The van der Waals surface area contributed by atoms with Crippen LogP contribution in [0.3, 0.4) is 0 Å². The Balaban J connectivity index is 3.64. The molecule has 0 aromatic heterocycles. The Labute approximate surface area is 104 Å². The van der Waals surface area contributed by atoms with Crippen LogP contribution in [0.4, 0.5) is 0 Å². The van der Waals surface area contributed by atoms with E-state index in [-0.39, 0.29) is 18.2 Å². The molecule has 102 valence electrons. The van der Waals surface area contributed by atoms with Crippen molar-refractivity contribution in [2.24, 2.45) is 0 Å². The van der Waals surface area contributed by atoms with Gasteiger partial charge in [0.05, 0.1) is 5.75 Å². The van der Waals surface area contributed by atoms with Crippen molar-refractivity contribution in [2.45, 2.75) is 33.2 Å². The third kappa shape index (κ3) is 10.2. The van der Waals surface area contributed by atoms with E-state index in [9.17, 15) is 13.2 Å². The predicted molar refractivity (Wildman–Crippen MR) is 68.2 cm³/mol. The Kier molecular flexibility index (Phi) is 8.11. The van der Waals surface area contributed by atoms with Crippen molar-refractivity contribution in [3.8, 4) is 0 Å². The number of carbonyl (C=O) groups is 1. The molecule has 0 aliphatic rings. The zero-order chi connectivity index (χ0) is 13.3. The van der Waals surface area contributed by atoms with Gasteiger partial charge in [0, 0.05) is 32.1 Å². The lowest BCUT2D eigenvalue weighted by Crippen LogP contribution is -2.35. The van der Waals surface area contributed by atoms with Gasteiger partial charge in [0.2, 0.25) is 15.9 Å². The lowest BCUT2D eigenvalue weighted by molar-refractivity contribution is -0.120. The SMILES string of the molecule is CCNS(=O)(=O)CCNC(=O)CCNC(C)C. The molecular weight excluding hydrogens is 242 g/mol. The van der Waals surface area contributed by atoms with Gasteiger partial charge in [-0.1, -0.05) is 20.8 Å². The van der Waals surface area contributed by atoms with Gasteiger partial charge in [-0.3, -0.25) is 4.79 Å². The molecule has 0 bridgehead atoms. The highest BCUT2D eigenvalue weighted by Crippen LogP contribution is 1.84. The van der Waals surface area contributed by atoms with E-state index in [0.29, 0.717) is 25.6 Å². The fourth-order valence-electron chi connectivity index (χ4n) is 1.18. The van der Waals surface area contributed by atoms with Gasteiger partial charge in [-0.2, -0.15) is 0 Å². The molecule has 0 spiro atoms. The maximum atomic E-state index is 11.3. The zero-order valence-corrected chi connectivity index (χ0v) is 11.6. The van der Waals surface area contributed by atoms with Crippen LogP contribution >= 0.6 is 0 Å². The normalized spacial score (nSPS) is 11.8. The highest BCUT2D eigenvalue weighted by Gasteiger charge is 2.08. The molecule has 0 fully saturated rings. The summed E-state index contributed by atoms with van der Waals surface area (Å²) in [5, 5.41) is 5.68. The van der Waals surface area contributed by atoms with Crippen molar-refractivity contribution in [1.82, 2.24) is 15.4 Å². The Bertz CT molecular complexity index is 315. The van der Waals surface area contributed by atoms with E-state index in [1.807, 2.05) is 13.8 Å². The monoisotopic (exact) mass is 265 g/mol. The summed E-state index contributed by atoms with van der Waals surface area (Å²) in [6.07, 6.45) is 0.361. The molecule has 7 heteroatoms. The first kappa shape index (κ1) is 16.3. The smallest absolute Gasteiger partial charge is 0.221 e. The summed E-state index contributed by atoms with van der Waals surface area (Å²) in [6, 6.07) is 0.344. The van der Waals surface area contributed by atoms with Crippen LogP contribution in [0.25, 0.3) is 0 Å². The Morgan fingerprint density at radius 3 is 2.41 bits per heavy atom. The van der Waals surface area contributed by atoms with Gasteiger partial charge >= 0.3 is 0 Å². The molecule has 0 aliphatic heterocycles. The van der Waals surface area contributed by atoms with Crippen LogP contribution < -0.4 is 15.4 Å². The second-order valence-electron chi connectivity index (χ2n) is 4.03. The predicted octanol–water partition coefficient (Wildman–Crippen LogP) is -0.570. The van der Waals surface area contributed by atoms with Crippen LogP contribution in [0.15, 0.2) is 0 Å². The van der Waals surface area contributed by atoms with Crippen LogP contribution in [-0.4, -0.2) is 45.8 Å². The van der Waals surface area contributed by atoms with Crippen molar-refractivity contribution in [2.75, 3.05) is 25.4 Å². The molecule has 0 radical (unpaired) electrons. The zero-order valence-electron chi connectivity index (χ0n) is 10.7. The average molecular weight is 265 g/mol. The van der Waals surface area contributed by atoms with Crippen molar-refractivity contribution < 1.29 is 13.2 Å². The maximum Gasteiger partial charge on any atom is 0.221 e.